The lowest BCUT2D eigenvalue weighted by molar-refractivity contribution is -0.388. The van der Waals surface area contributed by atoms with Gasteiger partial charge in [0, 0.05) is 19.4 Å². The van der Waals surface area contributed by atoms with Gasteiger partial charge in [-0.2, -0.15) is 4.98 Å². The maximum atomic E-state index is 10.8. The first-order valence-electron chi connectivity index (χ1n) is 4.57. The van der Waals surface area contributed by atoms with E-state index in [1.807, 2.05) is 0 Å². The van der Waals surface area contributed by atoms with Crippen molar-refractivity contribution in [3.05, 3.63) is 28.7 Å². The fourth-order valence-corrected chi connectivity index (χ4v) is 1.87. The van der Waals surface area contributed by atoms with E-state index in [1.165, 1.54) is 6.20 Å². The quantitative estimate of drug-likeness (QED) is 0.479. The fraction of sp³-hybridized carbons (Fsp3) is 0.125. The van der Waals surface area contributed by atoms with E-state index in [0.717, 1.165) is 11.8 Å². The molecule has 8 nitrogen and oxygen atoms in total. The van der Waals surface area contributed by atoms with Gasteiger partial charge in [0.1, 0.15) is 6.20 Å². The van der Waals surface area contributed by atoms with Crippen molar-refractivity contribution in [3.8, 4) is 0 Å². The van der Waals surface area contributed by atoms with E-state index in [0.29, 0.717) is 11.1 Å². The second kappa shape index (κ2) is 4.78. The van der Waals surface area contributed by atoms with Crippen LogP contribution in [0.3, 0.4) is 0 Å². The van der Waals surface area contributed by atoms with Crippen LogP contribution in [-0.2, 0) is 0 Å². The third kappa shape index (κ3) is 2.50. The first-order chi connectivity index (χ1) is 8.20. The number of nitrogens with zero attached hydrogens (tertiary/aromatic N) is 4. The van der Waals surface area contributed by atoms with Gasteiger partial charge in [-0.05, 0) is 11.8 Å². The normalized spacial score (nSPS) is 10.2. The van der Waals surface area contributed by atoms with E-state index < -0.39 is 4.92 Å². The number of imidazole rings is 1. The number of hydrogen-bond acceptors (Lipinski definition) is 7. The third-order valence-electron chi connectivity index (χ3n) is 1.82. The summed E-state index contributed by atoms with van der Waals surface area (Å²) in [6.07, 6.45) is 4.37. The Balaban J connectivity index is 2.38. The standard InChI is InChI=1S/C8H8N6O2S/c1-9-7-12-4-5(14(15)16)6(13-7)17-8-10-2-3-11-8/h2-4H,1H3,(H,10,11)(H,9,12,13). The number of nitro groups is 1. The average Bonchev–Trinajstić information content (AvgIpc) is 2.81. The van der Waals surface area contributed by atoms with Crippen molar-refractivity contribution in [2.75, 3.05) is 12.4 Å². The van der Waals surface area contributed by atoms with Gasteiger partial charge in [0.05, 0.1) is 4.92 Å². The van der Waals surface area contributed by atoms with E-state index in [2.05, 4.69) is 25.3 Å². The molecule has 0 saturated carbocycles. The van der Waals surface area contributed by atoms with Crippen LogP contribution >= 0.6 is 11.8 Å². The molecule has 0 fully saturated rings. The highest BCUT2D eigenvalue weighted by atomic mass is 32.2. The van der Waals surface area contributed by atoms with Crippen LogP contribution in [0.4, 0.5) is 11.6 Å². The van der Waals surface area contributed by atoms with E-state index in [-0.39, 0.29) is 10.7 Å². The Hall–Kier alpha value is -2.16. The van der Waals surface area contributed by atoms with Gasteiger partial charge in [-0.3, -0.25) is 10.1 Å². The molecule has 0 radical (unpaired) electrons. The lowest BCUT2D eigenvalue weighted by Gasteiger charge is -2.02. The average molecular weight is 252 g/mol. The Kier molecular flexibility index (Phi) is 3.19. The van der Waals surface area contributed by atoms with Gasteiger partial charge >= 0.3 is 5.69 Å². The van der Waals surface area contributed by atoms with Crippen LogP contribution in [0.15, 0.2) is 28.8 Å². The molecule has 0 aliphatic carbocycles. The molecule has 88 valence electrons. The third-order valence-corrected chi connectivity index (χ3v) is 2.73. The van der Waals surface area contributed by atoms with E-state index in [4.69, 9.17) is 0 Å². The zero-order valence-electron chi connectivity index (χ0n) is 8.75. The largest absolute Gasteiger partial charge is 0.357 e. The van der Waals surface area contributed by atoms with Crippen molar-refractivity contribution in [1.29, 1.82) is 0 Å². The van der Waals surface area contributed by atoms with Crippen molar-refractivity contribution < 1.29 is 4.92 Å². The highest BCUT2D eigenvalue weighted by molar-refractivity contribution is 7.99. The van der Waals surface area contributed by atoms with Crippen LogP contribution in [0.5, 0.6) is 0 Å². The number of aromatic nitrogens is 4. The van der Waals surface area contributed by atoms with Crippen molar-refractivity contribution in [1.82, 2.24) is 19.9 Å². The molecule has 0 saturated heterocycles. The number of anilines is 1. The summed E-state index contributed by atoms with van der Waals surface area (Å²) in [6, 6.07) is 0. The Bertz CT molecular complexity index is 529. The Morgan fingerprint density at radius 2 is 2.35 bits per heavy atom. The van der Waals surface area contributed by atoms with Crippen molar-refractivity contribution in [2.45, 2.75) is 10.2 Å². The van der Waals surface area contributed by atoms with Gasteiger partial charge in [0.2, 0.25) is 5.95 Å². The van der Waals surface area contributed by atoms with Crippen LogP contribution in [0.1, 0.15) is 0 Å². The molecule has 0 aromatic carbocycles. The van der Waals surface area contributed by atoms with E-state index in [9.17, 15) is 10.1 Å². The van der Waals surface area contributed by atoms with Crippen LogP contribution in [0, 0.1) is 10.1 Å². The molecule has 9 heteroatoms. The molecule has 0 amide bonds. The van der Waals surface area contributed by atoms with Crippen LogP contribution in [-0.4, -0.2) is 31.9 Å². The zero-order valence-corrected chi connectivity index (χ0v) is 9.56. The highest BCUT2D eigenvalue weighted by Gasteiger charge is 2.18. The number of nitrogens with one attached hydrogen (secondary N) is 2. The van der Waals surface area contributed by atoms with Gasteiger partial charge in [-0.25, -0.2) is 9.97 Å². The molecule has 2 rings (SSSR count). The molecule has 0 aliphatic rings. The summed E-state index contributed by atoms with van der Waals surface area (Å²) >= 11 is 1.08. The number of H-pyrrole nitrogens is 1. The smallest absolute Gasteiger partial charge is 0.320 e. The Labute approximate surface area is 100 Å². The molecular weight excluding hydrogens is 244 g/mol. The van der Waals surface area contributed by atoms with E-state index >= 15 is 0 Å². The SMILES string of the molecule is CNc1ncc([N+](=O)[O-])c(Sc2ncc[nH]2)n1. The molecule has 0 aliphatic heterocycles. The molecule has 0 atom stereocenters. The Morgan fingerprint density at radius 3 is 2.94 bits per heavy atom. The minimum absolute atomic E-state index is 0.148. The van der Waals surface area contributed by atoms with Gasteiger partial charge < -0.3 is 10.3 Å². The summed E-state index contributed by atoms with van der Waals surface area (Å²) in [5.41, 5.74) is -0.148. The number of aromatic amines is 1. The molecule has 2 aromatic heterocycles. The summed E-state index contributed by atoms with van der Waals surface area (Å²) in [5, 5.41) is 14.3. The predicted octanol–water partition coefficient (Wildman–Crippen LogP) is 1.30. The number of rotatable bonds is 4. The first kappa shape index (κ1) is 11.3. The highest BCUT2D eigenvalue weighted by Crippen LogP contribution is 2.30. The molecule has 2 heterocycles. The monoisotopic (exact) mass is 252 g/mol. The van der Waals surface area contributed by atoms with Crippen molar-refractivity contribution in [3.63, 3.8) is 0 Å². The van der Waals surface area contributed by atoms with Crippen LogP contribution in [0.2, 0.25) is 0 Å². The lowest BCUT2D eigenvalue weighted by atomic mass is 10.5. The first-order valence-corrected chi connectivity index (χ1v) is 5.39. The minimum Gasteiger partial charge on any atom is -0.357 e. The van der Waals surface area contributed by atoms with Gasteiger partial charge in [-0.15, -0.1) is 0 Å². The topological polar surface area (TPSA) is 110 Å². The second-order valence-electron chi connectivity index (χ2n) is 2.89. The summed E-state index contributed by atoms with van der Waals surface area (Å²) in [5.74, 6) is 0.324. The maximum absolute atomic E-state index is 10.8. The molecule has 0 spiro atoms. The summed E-state index contributed by atoms with van der Waals surface area (Å²) in [4.78, 5) is 24.9. The Morgan fingerprint density at radius 1 is 1.53 bits per heavy atom. The molecule has 0 unspecified atom stereocenters. The van der Waals surface area contributed by atoms with Crippen LogP contribution < -0.4 is 5.32 Å². The maximum Gasteiger partial charge on any atom is 0.320 e. The minimum atomic E-state index is -0.523. The van der Waals surface area contributed by atoms with Gasteiger partial charge in [-0.1, -0.05) is 0 Å². The van der Waals surface area contributed by atoms with Gasteiger partial charge in [0.25, 0.3) is 0 Å². The second-order valence-corrected chi connectivity index (χ2v) is 3.87. The number of hydrogen-bond donors (Lipinski definition) is 2. The fourth-order valence-electron chi connectivity index (χ4n) is 1.08. The molecule has 2 aromatic rings. The van der Waals surface area contributed by atoms with E-state index in [1.54, 1.807) is 19.4 Å². The molecule has 17 heavy (non-hydrogen) atoms. The molecule has 0 bridgehead atoms. The van der Waals surface area contributed by atoms with Gasteiger partial charge in [0.15, 0.2) is 10.2 Å². The molecular formula is C8H8N6O2S. The summed E-state index contributed by atoms with van der Waals surface area (Å²) < 4.78 is 0. The molecule has 2 N–H and O–H groups in total. The van der Waals surface area contributed by atoms with Crippen molar-refractivity contribution >= 4 is 23.4 Å². The lowest BCUT2D eigenvalue weighted by Crippen LogP contribution is -2.01. The summed E-state index contributed by atoms with van der Waals surface area (Å²) in [6.45, 7) is 0. The summed E-state index contributed by atoms with van der Waals surface area (Å²) in [7, 11) is 1.64. The predicted molar refractivity (Wildman–Crippen MR) is 60.9 cm³/mol. The zero-order chi connectivity index (χ0) is 12.3. The van der Waals surface area contributed by atoms with Crippen molar-refractivity contribution in [2.24, 2.45) is 0 Å². The van der Waals surface area contributed by atoms with Crippen LogP contribution in [0.25, 0.3) is 0 Å².